The van der Waals surface area contributed by atoms with E-state index in [9.17, 15) is 5.11 Å². The molecule has 0 radical (unpaired) electrons. The van der Waals surface area contributed by atoms with Crippen molar-refractivity contribution in [1.82, 2.24) is 10.3 Å². The lowest BCUT2D eigenvalue weighted by Gasteiger charge is -2.16. The van der Waals surface area contributed by atoms with Crippen LogP contribution in [-0.4, -0.2) is 30.3 Å². The number of pyridine rings is 1. The molecule has 2 aromatic rings. The predicted molar refractivity (Wildman–Crippen MR) is 83.5 cm³/mol. The normalized spacial score (nSPS) is 12.1. The minimum Gasteiger partial charge on any atom is -0.496 e. The number of rotatable bonds is 7. The summed E-state index contributed by atoms with van der Waals surface area (Å²) in [6.07, 6.45) is 2.06. The van der Waals surface area contributed by atoms with E-state index in [0.29, 0.717) is 6.54 Å². The Bertz CT molecular complexity index is 558. The molecule has 0 amide bonds. The molecule has 4 nitrogen and oxygen atoms in total. The molecule has 112 valence electrons. The molecule has 1 heterocycles. The summed E-state index contributed by atoms with van der Waals surface area (Å²) >= 11 is 0. The standard InChI is InChI=1S/C17H22N2O2/c1-13-6-7-17(21-2)15(11-13)16(20)12-18-10-8-14-5-3-4-9-19-14/h3-7,9,11,16,18,20H,8,10,12H2,1-2H3. The molecular formula is C17H22N2O2. The van der Waals surface area contributed by atoms with Gasteiger partial charge < -0.3 is 15.2 Å². The van der Waals surface area contributed by atoms with Gasteiger partial charge in [0.25, 0.3) is 0 Å². The van der Waals surface area contributed by atoms with Crippen molar-refractivity contribution in [1.29, 1.82) is 0 Å². The molecule has 21 heavy (non-hydrogen) atoms. The van der Waals surface area contributed by atoms with Gasteiger partial charge >= 0.3 is 0 Å². The highest BCUT2D eigenvalue weighted by atomic mass is 16.5. The summed E-state index contributed by atoms with van der Waals surface area (Å²) in [6.45, 7) is 3.28. The minimum absolute atomic E-state index is 0.493. The molecule has 0 saturated heterocycles. The van der Waals surface area contributed by atoms with Gasteiger partial charge in [-0.3, -0.25) is 4.98 Å². The Hall–Kier alpha value is -1.91. The highest BCUT2D eigenvalue weighted by Crippen LogP contribution is 2.25. The molecule has 1 aromatic carbocycles. The van der Waals surface area contributed by atoms with Crippen LogP contribution in [0.3, 0.4) is 0 Å². The van der Waals surface area contributed by atoms with Gasteiger partial charge in [0.15, 0.2) is 0 Å². The van der Waals surface area contributed by atoms with E-state index in [1.807, 2.05) is 43.3 Å². The molecule has 0 aliphatic rings. The Morgan fingerprint density at radius 1 is 1.29 bits per heavy atom. The van der Waals surface area contributed by atoms with E-state index >= 15 is 0 Å². The van der Waals surface area contributed by atoms with Crippen LogP contribution in [0, 0.1) is 6.92 Å². The van der Waals surface area contributed by atoms with Gasteiger partial charge in [-0.2, -0.15) is 0 Å². The van der Waals surface area contributed by atoms with Crippen LogP contribution in [0.1, 0.15) is 22.9 Å². The van der Waals surface area contributed by atoms with E-state index in [4.69, 9.17) is 4.74 Å². The number of nitrogens with zero attached hydrogens (tertiary/aromatic N) is 1. The van der Waals surface area contributed by atoms with Crippen molar-refractivity contribution in [2.24, 2.45) is 0 Å². The van der Waals surface area contributed by atoms with Gasteiger partial charge in [-0.05, 0) is 31.2 Å². The number of aliphatic hydroxyl groups excluding tert-OH is 1. The van der Waals surface area contributed by atoms with Gasteiger partial charge in [-0.25, -0.2) is 0 Å². The van der Waals surface area contributed by atoms with E-state index in [0.717, 1.165) is 35.5 Å². The lowest BCUT2D eigenvalue weighted by atomic mass is 10.1. The average molecular weight is 286 g/mol. The SMILES string of the molecule is COc1ccc(C)cc1C(O)CNCCc1ccccn1. The fourth-order valence-corrected chi connectivity index (χ4v) is 2.23. The summed E-state index contributed by atoms with van der Waals surface area (Å²) in [4.78, 5) is 4.27. The van der Waals surface area contributed by atoms with Gasteiger partial charge in [-0.1, -0.05) is 17.7 Å². The summed E-state index contributed by atoms with van der Waals surface area (Å²) < 4.78 is 5.30. The van der Waals surface area contributed by atoms with Gasteiger partial charge in [0, 0.05) is 37.0 Å². The maximum atomic E-state index is 10.3. The summed E-state index contributed by atoms with van der Waals surface area (Å²) in [5, 5.41) is 13.6. The first kappa shape index (κ1) is 15.5. The second-order valence-corrected chi connectivity index (χ2v) is 5.04. The zero-order chi connectivity index (χ0) is 15.1. The second-order valence-electron chi connectivity index (χ2n) is 5.04. The van der Waals surface area contributed by atoms with Crippen LogP contribution in [-0.2, 0) is 6.42 Å². The minimum atomic E-state index is -0.580. The van der Waals surface area contributed by atoms with Crippen molar-refractivity contribution in [3.63, 3.8) is 0 Å². The summed E-state index contributed by atoms with van der Waals surface area (Å²) in [5.41, 5.74) is 2.98. The Kier molecular flexibility index (Phi) is 5.72. The molecule has 0 aliphatic heterocycles. The monoisotopic (exact) mass is 286 g/mol. The third-order valence-electron chi connectivity index (χ3n) is 3.37. The quantitative estimate of drug-likeness (QED) is 0.767. The number of aryl methyl sites for hydroxylation is 1. The van der Waals surface area contributed by atoms with Gasteiger partial charge in [-0.15, -0.1) is 0 Å². The van der Waals surface area contributed by atoms with E-state index < -0.39 is 6.10 Å². The number of nitrogens with one attached hydrogen (secondary N) is 1. The van der Waals surface area contributed by atoms with E-state index in [1.54, 1.807) is 13.3 Å². The number of benzene rings is 1. The zero-order valence-electron chi connectivity index (χ0n) is 12.5. The highest BCUT2D eigenvalue weighted by molar-refractivity contribution is 5.38. The number of aliphatic hydroxyl groups is 1. The lowest BCUT2D eigenvalue weighted by molar-refractivity contribution is 0.171. The van der Waals surface area contributed by atoms with Crippen molar-refractivity contribution in [2.75, 3.05) is 20.2 Å². The first-order chi connectivity index (χ1) is 10.2. The first-order valence-corrected chi connectivity index (χ1v) is 7.14. The summed E-state index contributed by atoms with van der Waals surface area (Å²) in [7, 11) is 1.62. The van der Waals surface area contributed by atoms with Gasteiger partial charge in [0.2, 0.25) is 0 Å². The Balaban J connectivity index is 1.84. The Morgan fingerprint density at radius 2 is 2.14 bits per heavy atom. The molecule has 0 saturated carbocycles. The van der Waals surface area contributed by atoms with Crippen molar-refractivity contribution in [2.45, 2.75) is 19.4 Å². The maximum Gasteiger partial charge on any atom is 0.124 e. The summed E-state index contributed by atoms with van der Waals surface area (Å²) in [6, 6.07) is 11.7. The van der Waals surface area contributed by atoms with E-state index in [-0.39, 0.29) is 0 Å². The molecule has 1 atom stereocenters. The number of hydrogen-bond donors (Lipinski definition) is 2. The maximum absolute atomic E-state index is 10.3. The van der Waals surface area contributed by atoms with Gasteiger partial charge in [0.05, 0.1) is 13.2 Å². The third-order valence-corrected chi connectivity index (χ3v) is 3.37. The topological polar surface area (TPSA) is 54.4 Å². The molecule has 1 aromatic heterocycles. The first-order valence-electron chi connectivity index (χ1n) is 7.14. The number of hydrogen-bond acceptors (Lipinski definition) is 4. The van der Waals surface area contributed by atoms with Gasteiger partial charge in [0.1, 0.15) is 5.75 Å². The Labute approximate surface area is 125 Å². The molecular weight excluding hydrogens is 264 g/mol. The van der Waals surface area contributed by atoms with Crippen LogP contribution in [0.5, 0.6) is 5.75 Å². The predicted octanol–water partition coefficient (Wildman–Crippen LogP) is 2.26. The van der Waals surface area contributed by atoms with Crippen LogP contribution in [0.15, 0.2) is 42.6 Å². The molecule has 0 fully saturated rings. The molecule has 0 aliphatic carbocycles. The smallest absolute Gasteiger partial charge is 0.124 e. The number of aromatic nitrogens is 1. The molecule has 0 spiro atoms. The van der Waals surface area contributed by atoms with Crippen molar-refractivity contribution in [3.05, 3.63) is 59.4 Å². The molecule has 4 heteroatoms. The van der Waals surface area contributed by atoms with E-state index in [1.165, 1.54) is 0 Å². The third kappa shape index (κ3) is 4.55. The van der Waals surface area contributed by atoms with Crippen molar-refractivity contribution < 1.29 is 9.84 Å². The fourth-order valence-electron chi connectivity index (χ4n) is 2.23. The molecule has 1 unspecified atom stereocenters. The second kappa shape index (κ2) is 7.76. The molecule has 0 bridgehead atoms. The fraction of sp³-hybridized carbons (Fsp3) is 0.353. The highest BCUT2D eigenvalue weighted by Gasteiger charge is 2.13. The Morgan fingerprint density at radius 3 is 2.86 bits per heavy atom. The van der Waals surface area contributed by atoms with Crippen LogP contribution in [0.25, 0.3) is 0 Å². The number of methoxy groups -OCH3 is 1. The van der Waals surface area contributed by atoms with Crippen molar-refractivity contribution in [3.8, 4) is 5.75 Å². The summed E-state index contributed by atoms with van der Waals surface area (Å²) in [5.74, 6) is 0.722. The largest absolute Gasteiger partial charge is 0.496 e. The van der Waals surface area contributed by atoms with Crippen LogP contribution in [0.4, 0.5) is 0 Å². The van der Waals surface area contributed by atoms with Crippen LogP contribution in [0.2, 0.25) is 0 Å². The van der Waals surface area contributed by atoms with E-state index in [2.05, 4.69) is 10.3 Å². The molecule has 2 N–H and O–H groups in total. The number of ether oxygens (including phenoxy) is 1. The molecule has 2 rings (SSSR count). The van der Waals surface area contributed by atoms with Crippen LogP contribution >= 0.6 is 0 Å². The van der Waals surface area contributed by atoms with Crippen LogP contribution < -0.4 is 10.1 Å². The van der Waals surface area contributed by atoms with Crippen molar-refractivity contribution >= 4 is 0 Å². The lowest BCUT2D eigenvalue weighted by Crippen LogP contribution is -2.24. The zero-order valence-corrected chi connectivity index (χ0v) is 12.5. The average Bonchev–Trinajstić information content (AvgIpc) is 2.52.